The number of nitrogens with zero attached hydrogens (tertiary/aromatic N) is 2. The van der Waals surface area contributed by atoms with Crippen LogP contribution in [0.2, 0.25) is 0 Å². The van der Waals surface area contributed by atoms with Gasteiger partial charge >= 0.3 is 0 Å². The first kappa shape index (κ1) is 15.3. The molecule has 7 heteroatoms. The molecule has 1 fully saturated rings. The molecular weight excluding hydrogens is 276 g/mol. The van der Waals surface area contributed by atoms with Crippen LogP contribution in [0.3, 0.4) is 0 Å². The van der Waals surface area contributed by atoms with Gasteiger partial charge in [0.2, 0.25) is 5.91 Å². The van der Waals surface area contributed by atoms with Crippen LogP contribution < -0.4 is 10.2 Å². The van der Waals surface area contributed by atoms with Crippen molar-refractivity contribution in [3.8, 4) is 0 Å². The third-order valence-corrected chi connectivity index (χ3v) is 4.34. The molecule has 0 unspecified atom stereocenters. The highest BCUT2D eigenvalue weighted by Crippen LogP contribution is 2.21. The Kier molecular flexibility index (Phi) is 5.85. The fraction of sp³-hybridized carbons (Fsp3) is 0.769. The van der Waals surface area contributed by atoms with E-state index >= 15 is 0 Å². The molecule has 1 aromatic heterocycles. The van der Waals surface area contributed by atoms with Gasteiger partial charge in [0.15, 0.2) is 6.54 Å². The highest BCUT2D eigenvalue weighted by molar-refractivity contribution is 8.00. The SMILES string of the molecule is CCNC(=O)[C@H](C)Sc1nnc(C[NH+]2CCCCC2)o1. The summed E-state index contributed by atoms with van der Waals surface area (Å²) in [4.78, 5) is 13.2. The predicted octanol–water partition coefficient (Wildman–Crippen LogP) is 0.255. The van der Waals surface area contributed by atoms with E-state index in [-0.39, 0.29) is 11.2 Å². The maximum Gasteiger partial charge on any atom is 0.277 e. The lowest BCUT2D eigenvalue weighted by Crippen LogP contribution is -3.11. The van der Waals surface area contributed by atoms with Crippen molar-refractivity contribution in [3.63, 3.8) is 0 Å². The van der Waals surface area contributed by atoms with Crippen molar-refractivity contribution < 1.29 is 14.1 Å². The molecule has 20 heavy (non-hydrogen) atoms. The summed E-state index contributed by atoms with van der Waals surface area (Å²) < 4.78 is 5.63. The van der Waals surface area contributed by atoms with Gasteiger partial charge in [-0.15, -0.1) is 10.2 Å². The van der Waals surface area contributed by atoms with Crippen molar-refractivity contribution in [2.24, 2.45) is 0 Å². The standard InChI is InChI=1S/C13H22N4O2S/c1-3-14-12(18)10(2)20-13-16-15-11(19-13)9-17-7-5-4-6-8-17/h10H,3-9H2,1-2H3,(H,14,18)/p+1/t10-/m0/s1. The molecule has 6 nitrogen and oxygen atoms in total. The molecule has 1 atom stereocenters. The average molecular weight is 299 g/mol. The minimum atomic E-state index is -0.217. The lowest BCUT2D eigenvalue weighted by Gasteiger charge is -2.21. The number of hydrogen-bond acceptors (Lipinski definition) is 5. The van der Waals surface area contributed by atoms with Crippen LogP contribution in [0.5, 0.6) is 0 Å². The average Bonchev–Trinajstić information content (AvgIpc) is 2.87. The van der Waals surface area contributed by atoms with Gasteiger partial charge in [0, 0.05) is 6.54 Å². The number of hydrogen-bond donors (Lipinski definition) is 2. The fourth-order valence-electron chi connectivity index (χ4n) is 2.32. The van der Waals surface area contributed by atoms with E-state index in [0.29, 0.717) is 17.7 Å². The molecule has 1 aliphatic heterocycles. The number of thioether (sulfide) groups is 1. The summed E-state index contributed by atoms with van der Waals surface area (Å²) in [5.74, 6) is 0.673. The van der Waals surface area contributed by atoms with E-state index in [1.807, 2.05) is 13.8 Å². The highest BCUT2D eigenvalue weighted by atomic mass is 32.2. The van der Waals surface area contributed by atoms with Gasteiger partial charge in [-0.2, -0.15) is 0 Å². The molecule has 1 amide bonds. The Morgan fingerprint density at radius 1 is 1.40 bits per heavy atom. The number of piperidine rings is 1. The number of aromatic nitrogens is 2. The maximum absolute atomic E-state index is 11.6. The van der Waals surface area contributed by atoms with Crippen molar-refractivity contribution >= 4 is 17.7 Å². The number of likely N-dealkylation sites (tertiary alicyclic amines) is 1. The van der Waals surface area contributed by atoms with Crippen LogP contribution in [0.1, 0.15) is 39.0 Å². The van der Waals surface area contributed by atoms with Crippen LogP contribution in [0, 0.1) is 0 Å². The Hall–Kier alpha value is -1.08. The molecule has 112 valence electrons. The topological polar surface area (TPSA) is 72.5 Å². The van der Waals surface area contributed by atoms with Crippen molar-refractivity contribution in [3.05, 3.63) is 5.89 Å². The zero-order valence-electron chi connectivity index (χ0n) is 12.1. The molecule has 2 rings (SSSR count). The van der Waals surface area contributed by atoms with E-state index in [2.05, 4.69) is 15.5 Å². The Morgan fingerprint density at radius 2 is 2.15 bits per heavy atom. The van der Waals surface area contributed by atoms with Gasteiger partial charge in [-0.1, -0.05) is 11.8 Å². The van der Waals surface area contributed by atoms with Gasteiger partial charge in [0.05, 0.1) is 18.3 Å². The monoisotopic (exact) mass is 299 g/mol. The van der Waals surface area contributed by atoms with Crippen molar-refractivity contribution in [1.29, 1.82) is 0 Å². The first-order chi connectivity index (χ1) is 9.69. The second kappa shape index (κ2) is 7.64. The second-order valence-electron chi connectivity index (χ2n) is 5.10. The van der Waals surface area contributed by atoms with Crippen molar-refractivity contribution in [1.82, 2.24) is 15.5 Å². The molecule has 0 saturated carbocycles. The van der Waals surface area contributed by atoms with Gasteiger partial charge < -0.3 is 14.6 Å². The summed E-state index contributed by atoms with van der Waals surface area (Å²) in [5.41, 5.74) is 0. The third kappa shape index (κ3) is 4.49. The van der Waals surface area contributed by atoms with Crippen molar-refractivity contribution in [2.45, 2.75) is 50.1 Å². The molecule has 1 saturated heterocycles. The molecule has 0 bridgehead atoms. The molecule has 0 aromatic carbocycles. The summed E-state index contributed by atoms with van der Waals surface area (Å²) in [7, 11) is 0. The first-order valence-corrected chi connectivity index (χ1v) is 8.17. The summed E-state index contributed by atoms with van der Waals surface area (Å²) in [6.45, 7) is 7.54. The highest BCUT2D eigenvalue weighted by Gasteiger charge is 2.20. The van der Waals surface area contributed by atoms with Gasteiger partial charge in [-0.25, -0.2) is 0 Å². The van der Waals surface area contributed by atoms with Crippen LogP contribution >= 0.6 is 11.8 Å². The largest absolute Gasteiger partial charge is 0.410 e. The molecule has 1 aliphatic rings. The fourth-order valence-corrected chi connectivity index (χ4v) is 3.05. The molecule has 0 spiro atoms. The lowest BCUT2D eigenvalue weighted by atomic mass is 10.1. The number of quaternary nitrogens is 1. The van der Waals surface area contributed by atoms with Crippen molar-refractivity contribution in [2.75, 3.05) is 19.6 Å². The number of carbonyl (C=O) groups excluding carboxylic acids is 1. The molecule has 2 N–H and O–H groups in total. The van der Waals surface area contributed by atoms with Crippen LogP contribution in [0.4, 0.5) is 0 Å². The zero-order valence-corrected chi connectivity index (χ0v) is 13.0. The summed E-state index contributed by atoms with van der Waals surface area (Å²) in [5, 5.41) is 11.1. The summed E-state index contributed by atoms with van der Waals surface area (Å²) >= 11 is 1.31. The van der Waals surface area contributed by atoms with Gasteiger partial charge in [0.1, 0.15) is 0 Å². The van der Waals surface area contributed by atoms with E-state index < -0.39 is 0 Å². The number of carbonyl (C=O) groups is 1. The molecular formula is C13H23N4O2S+. The van der Waals surface area contributed by atoms with Gasteiger partial charge in [-0.3, -0.25) is 4.79 Å². The van der Waals surface area contributed by atoms with E-state index in [1.54, 1.807) is 0 Å². The molecule has 1 aromatic rings. The Labute approximate surface area is 123 Å². The number of rotatable bonds is 6. The van der Waals surface area contributed by atoms with E-state index in [1.165, 1.54) is 49.0 Å². The molecule has 0 radical (unpaired) electrons. The quantitative estimate of drug-likeness (QED) is 0.737. The lowest BCUT2D eigenvalue weighted by molar-refractivity contribution is -0.919. The Bertz CT molecular complexity index is 432. The van der Waals surface area contributed by atoms with Crippen LogP contribution in [-0.4, -0.2) is 41.0 Å². The van der Waals surface area contributed by atoms with E-state index in [4.69, 9.17) is 4.42 Å². The first-order valence-electron chi connectivity index (χ1n) is 7.29. The van der Waals surface area contributed by atoms with Gasteiger partial charge in [0.25, 0.3) is 11.1 Å². The molecule has 0 aliphatic carbocycles. The summed E-state index contributed by atoms with van der Waals surface area (Å²) in [6, 6.07) is 0. The minimum Gasteiger partial charge on any atom is -0.410 e. The maximum atomic E-state index is 11.6. The third-order valence-electron chi connectivity index (χ3n) is 3.41. The summed E-state index contributed by atoms with van der Waals surface area (Å²) in [6.07, 6.45) is 3.89. The zero-order chi connectivity index (χ0) is 14.4. The second-order valence-corrected chi connectivity index (χ2v) is 6.40. The van der Waals surface area contributed by atoms with Crippen LogP contribution in [0.15, 0.2) is 9.64 Å². The minimum absolute atomic E-state index is 0.00101. The molecule has 2 heterocycles. The number of amides is 1. The smallest absolute Gasteiger partial charge is 0.277 e. The van der Waals surface area contributed by atoms with Crippen LogP contribution in [-0.2, 0) is 11.3 Å². The Morgan fingerprint density at radius 3 is 2.85 bits per heavy atom. The van der Waals surface area contributed by atoms with Gasteiger partial charge in [-0.05, 0) is 33.1 Å². The van der Waals surface area contributed by atoms with Crippen LogP contribution in [0.25, 0.3) is 0 Å². The number of nitrogens with one attached hydrogen (secondary N) is 2. The Balaban J connectivity index is 1.83. The predicted molar refractivity (Wildman–Crippen MR) is 76.6 cm³/mol. The normalized spacial score (nSPS) is 17.9. The van der Waals surface area contributed by atoms with E-state index in [0.717, 1.165) is 6.54 Å². The van der Waals surface area contributed by atoms with E-state index in [9.17, 15) is 4.79 Å².